The molecular formula is C12H13F3N2OS. The van der Waals surface area contributed by atoms with Crippen molar-refractivity contribution >= 4 is 21.6 Å². The molecule has 1 unspecified atom stereocenters. The number of halogens is 3. The van der Waals surface area contributed by atoms with Crippen LogP contribution in [0.15, 0.2) is 24.3 Å². The van der Waals surface area contributed by atoms with Gasteiger partial charge in [0.25, 0.3) is 0 Å². The molecule has 2 rings (SSSR count). The minimum atomic E-state index is -4.58. The monoisotopic (exact) mass is 290 g/mol. The maximum absolute atomic E-state index is 12.2. The third-order valence-corrected chi connectivity index (χ3v) is 3.63. The van der Waals surface area contributed by atoms with Gasteiger partial charge in [-0.1, -0.05) is 12.1 Å². The SMILES string of the molecule is CN(Cc1nc2ccccc2s1)CC(O)C(F)(F)F. The number of aromatic nitrogens is 1. The summed E-state index contributed by atoms with van der Waals surface area (Å²) in [5, 5.41) is 9.72. The normalized spacial score (nSPS) is 14.2. The number of nitrogens with zero attached hydrogens (tertiary/aromatic N) is 2. The number of likely N-dealkylation sites (N-methyl/N-ethyl adjacent to an activating group) is 1. The lowest BCUT2D eigenvalue weighted by molar-refractivity contribution is -0.207. The van der Waals surface area contributed by atoms with Crippen LogP contribution >= 0.6 is 11.3 Å². The van der Waals surface area contributed by atoms with Crippen LogP contribution in [0.2, 0.25) is 0 Å². The highest BCUT2D eigenvalue weighted by Crippen LogP contribution is 2.24. The van der Waals surface area contributed by atoms with Gasteiger partial charge in [0.05, 0.1) is 16.8 Å². The number of para-hydroxylation sites is 1. The molecule has 0 aliphatic carbocycles. The topological polar surface area (TPSA) is 36.4 Å². The van der Waals surface area contributed by atoms with Gasteiger partial charge in [-0.25, -0.2) is 4.98 Å². The molecule has 1 N–H and O–H groups in total. The fraction of sp³-hybridized carbons (Fsp3) is 0.417. The van der Waals surface area contributed by atoms with Crippen LogP contribution in [0.5, 0.6) is 0 Å². The first-order valence-electron chi connectivity index (χ1n) is 5.64. The van der Waals surface area contributed by atoms with Crippen LogP contribution in [0.25, 0.3) is 10.2 Å². The zero-order chi connectivity index (χ0) is 14.0. The van der Waals surface area contributed by atoms with E-state index in [2.05, 4.69) is 4.98 Å². The second-order valence-corrected chi connectivity index (χ2v) is 5.44. The fourth-order valence-corrected chi connectivity index (χ4v) is 2.73. The molecule has 7 heteroatoms. The van der Waals surface area contributed by atoms with Gasteiger partial charge in [-0.3, -0.25) is 4.90 Å². The van der Waals surface area contributed by atoms with E-state index in [0.717, 1.165) is 15.2 Å². The van der Waals surface area contributed by atoms with Crippen molar-refractivity contribution in [1.29, 1.82) is 0 Å². The molecule has 104 valence electrons. The van der Waals surface area contributed by atoms with E-state index in [4.69, 9.17) is 5.11 Å². The van der Waals surface area contributed by atoms with Gasteiger partial charge < -0.3 is 5.11 Å². The summed E-state index contributed by atoms with van der Waals surface area (Å²) in [5.41, 5.74) is 0.840. The predicted molar refractivity (Wildman–Crippen MR) is 68.0 cm³/mol. The maximum Gasteiger partial charge on any atom is 0.415 e. The third kappa shape index (κ3) is 3.65. The molecule has 1 aromatic carbocycles. The molecular weight excluding hydrogens is 277 g/mol. The number of aliphatic hydroxyl groups excluding tert-OH is 1. The van der Waals surface area contributed by atoms with Crippen LogP contribution in [0.3, 0.4) is 0 Å². The van der Waals surface area contributed by atoms with E-state index >= 15 is 0 Å². The maximum atomic E-state index is 12.2. The smallest absolute Gasteiger partial charge is 0.382 e. The molecule has 19 heavy (non-hydrogen) atoms. The molecule has 0 spiro atoms. The third-order valence-electron chi connectivity index (χ3n) is 2.61. The molecule has 3 nitrogen and oxygen atoms in total. The number of thiazole rings is 1. The van der Waals surface area contributed by atoms with Gasteiger partial charge in [-0.15, -0.1) is 11.3 Å². The van der Waals surface area contributed by atoms with Crippen LogP contribution in [-0.2, 0) is 6.54 Å². The second-order valence-electron chi connectivity index (χ2n) is 4.33. The molecule has 0 bridgehead atoms. The first kappa shape index (κ1) is 14.2. The summed E-state index contributed by atoms with van der Waals surface area (Å²) in [6, 6.07) is 7.53. The number of rotatable bonds is 4. The highest BCUT2D eigenvalue weighted by molar-refractivity contribution is 7.18. The van der Waals surface area contributed by atoms with Crippen molar-refractivity contribution in [2.24, 2.45) is 0 Å². The molecule has 0 saturated carbocycles. The van der Waals surface area contributed by atoms with Gasteiger partial charge in [0.1, 0.15) is 5.01 Å². The van der Waals surface area contributed by atoms with Crippen molar-refractivity contribution in [3.63, 3.8) is 0 Å². The van der Waals surface area contributed by atoms with Gasteiger partial charge in [-0.05, 0) is 19.2 Å². The Kier molecular flexibility index (Phi) is 4.07. The average molecular weight is 290 g/mol. The van der Waals surface area contributed by atoms with Crippen molar-refractivity contribution < 1.29 is 18.3 Å². The summed E-state index contributed by atoms with van der Waals surface area (Å²) in [6.07, 6.45) is -6.91. The summed E-state index contributed by atoms with van der Waals surface area (Å²) in [4.78, 5) is 5.75. The first-order valence-corrected chi connectivity index (χ1v) is 6.45. The second kappa shape index (κ2) is 5.44. The number of hydrogen-bond donors (Lipinski definition) is 1. The Bertz CT molecular complexity index is 522. The largest absolute Gasteiger partial charge is 0.415 e. The van der Waals surface area contributed by atoms with Crippen LogP contribution in [0.1, 0.15) is 5.01 Å². The number of hydrogen-bond acceptors (Lipinski definition) is 4. The van der Waals surface area contributed by atoms with Crippen LogP contribution in [0.4, 0.5) is 13.2 Å². The number of fused-ring (bicyclic) bond motifs is 1. The lowest BCUT2D eigenvalue weighted by Gasteiger charge is -2.21. The van der Waals surface area contributed by atoms with Crippen molar-refractivity contribution in [3.05, 3.63) is 29.3 Å². The van der Waals surface area contributed by atoms with Gasteiger partial charge >= 0.3 is 6.18 Å². The van der Waals surface area contributed by atoms with Gasteiger partial charge in [0.2, 0.25) is 0 Å². The number of aliphatic hydroxyl groups is 1. The molecule has 2 aromatic rings. The summed E-state index contributed by atoms with van der Waals surface area (Å²) in [5.74, 6) is 0. The zero-order valence-corrected chi connectivity index (χ0v) is 11.0. The summed E-state index contributed by atoms with van der Waals surface area (Å²) in [7, 11) is 1.53. The molecule has 0 aliphatic rings. The van der Waals surface area contributed by atoms with Gasteiger partial charge in [0.15, 0.2) is 6.10 Å². The van der Waals surface area contributed by atoms with E-state index in [0.29, 0.717) is 0 Å². The van der Waals surface area contributed by atoms with E-state index in [9.17, 15) is 13.2 Å². The van der Waals surface area contributed by atoms with Crippen LogP contribution < -0.4 is 0 Å². The van der Waals surface area contributed by atoms with E-state index in [-0.39, 0.29) is 6.54 Å². The Labute approximate surface area is 112 Å². The van der Waals surface area contributed by atoms with Crippen molar-refractivity contribution in [2.75, 3.05) is 13.6 Å². The van der Waals surface area contributed by atoms with Crippen molar-refractivity contribution in [1.82, 2.24) is 9.88 Å². The Hall–Kier alpha value is -1.18. The van der Waals surface area contributed by atoms with E-state index in [1.165, 1.54) is 23.3 Å². The van der Waals surface area contributed by atoms with E-state index in [1.807, 2.05) is 24.3 Å². The molecule has 0 radical (unpaired) electrons. The van der Waals surface area contributed by atoms with Crippen molar-refractivity contribution in [3.8, 4) is 0 Å². The zero-order valence-electron chi connectivity index (χ0n) is 10.2. The molecule has 1 aromatic heterocycles. The predicted octanol–water partition coefficient (Wildman–Crippen LogP) is 2.65. The highest BCUT2D eigenvalue weighted by Gasteiger charge is 2.38. The van der Waals surface area contributed by atoms with Gasteiger partial charge in [-0.2, -0.15) is 13.2 Å². The summed E-state index contributed by atoms with van der Waals surface area (Å²) in [6.45, 7) is -0.175. The molecule has 0 aliphatic heterocycles. The quantitative estimate of drug-likeness (QED) is 0.940. The molecule has 1 atom stereocenters. The van der Waals surface area contributed by atoms with Gasteiger partial charge in [0, 0.05) is 6.54 Å². The van der Waals surface area contributed by atoms with E-state index in [1.54, 1.807) is 0 Å². The molecule has 0 saturated heterocycles. The average Bonchev–Trinajstić information content (AvgIpc) is 2.69. The van der Waals surface area contributed by atoms with Crippen LogP contribution in [0, 0.1) is 0 Å². The molecule has 1 heterocycles. The highest BCUT2D eigenvalue weighted by atomic mass is 32.1. The lowest BCUT2D eigenvalue weighted by Crippen LogP contribution is -2.39. The fourth-order valence-electron chi connectivity index (χ4n) is 1.68. The molecule has 0 amide bonds. The minimum Gasteiger partial charge on any atom is -0.382 e. The Balaban J connectivity index is 2.00. The summed E-state index contributed by atoms with van der Waals surface area (Å²) < 4.78 is 37.7. The lowest BCUT2D eigenvalue weighted by atomic mass is 10.3. The number of benzene rings is 1. The first-order chi connectivity index (χ1) is 8.86. The summed E-state index contributed by atoms with van der Waals surface area (Å²) >= 11 is 1.44. The van der Waals surface area contributed by atoms with Crippen LogP contribution in [-0.4, -0.2) is 40.9 Å². The Morgan fingerprint density at radius 1 is 1.37 bits per heavy atom. The van der Waals surface area contributed by atoms with E-state index < -0.39 is 18.8 Å². The Morgan fingerprint density at radius 2 is 2.05 bits per heavy atom. The standard InChI is InChI=1S/C12H13F3N2OS/c1-17(6-10(18)12(13,14)15)7-11-16-8-4-2-3-5-9(8)19-11/h2-5,10,18H,6-7H2,1H3. The number of alkyl halides is 3. The minimum absolute atomic E-state index is 0.284. The molecule has 0 fully saturated rings. The van der Waals surface area contributed by atoms with Crippen molar-refractivity contribution in [2.45, 2.75) is 18.8 Å². The Morgan fingerprint density at radius 3 is 2.68 bits per heavy atom.